The van der Waals surface area contributed by atoms with Gasteiger partial charge in [-0.25, -0.2) is 47.5 Å². The average Bonchev–Trinajstić information content (AvgIpc) is 1.57. The predicted molar refractivity (Wildman–Crippen MR) is 355 cm³/mol. The van der Waals surface area contributed by atoms with Crippen LogP contribution in [0.3, 0.4) is 0 Å². The number of aromatic amines is 1. The van der Waals surface area contributed by atoms with Crippen LogP contribution in [0, 0.1) is 0 Å². The Hall–Kier alpha value is -8.17. The van der Waals surface area contributed by atoms with E-state index >= 15 is 0 Å². The van der Waals surface area contributed by atoms with E-state index in [0.29, 0.717) is 68.8 Å². The molecule has 0 saturated heterocycles. The molecule has 4 aliphatic carbocycles. The van der Waals surface area contributed by atoms with Crippen LogP contribution in [0.25, 0.3) is 0 Å². The quantitative estimate of drug-likeness (QED) is 0.0743. The zero-order valence-electron chi connectivity index (χ0n) is 50.3. The first-order valence-corrected chi connectivity index (χ1v) is 32.9. The molecule has 0 radical (unpaired) electrons. The van der Waals surface area contributed by atoms with E-state index in [1.807, 2.05) is 0 Å². The molecule has 26 nitrogen and oxygen atoms in total. The van der Waals surface area contributed by atoms with Crippen LogP contribution in [0.15, 0.2) is 108 Å². The molecular formula is C60H59Br2Cl4F4N17O9. The molecule has 3 spiro atoms. The zero-order chi connectivity index (χ0) is 69.4. The SMILES string of the molecule is NC(=O)c1[nH]c(=O)c(Br)cc1Cl.Nc1ccncn1.O=C1CCCCC1F.O=C1NC2(CCCCC2F)n2c1c(Cl)cc(Br)c2=O.O=C1NC2(CCCCC2F)n2c1c(Cl)cc(Nc1ccncn1)c2=O.O=C1NC2(CCCCC2F)n2c1c(Cl)cc(Nc1ccncn1)c2=O. The molecular weight excluding hydrogens is 1480 g/mol. The fourth-order valence-electron chi connectivity index (χ4n) is 12.0. The summed E-state index contributed by atoms with van der Waals surface area (Å²) in [5, 5.41) is 14.1. The molecule has 7 aliphatic rings. The van der Waals surface area contributed by atoms with Crippen LogP contribution < -0.4 is 60.3 Å². The molecule has 7 aromatic heterocycles. The molecule has 10 N–H and O–H groups in total. The van der Waals surface area contributed by atoms with Crippen LogP contribution in [0.1, 0.15) is 145 Å². The first-order chi connectivity index (χ1) is 45.7. The van der Waals surface area contributed by atoms with Crippen LogP contribution in [-0.4, -0.2) is 103 Å². The molecule has 4 fully saturated rings. The number of fused-ring (bicyclic) bond motifs is 6. The highest BCUT2D eigenvalue weighted by Gasteiger charge is 2.54. The van der Waals surface area contributed by atoms with E-state index in [2.05, 4.69) is 93.3 Å². The highest BCUT2D eigenvalue weighted by atomic mass is 79.9. The third kappa shape index (κ3) is 15.2. The lowest BCUT2D eigenvalue weighted by atomic mass is 9.87. The maximum atomic E-state index is 14.8. The van der Waals surface area contributed by atoms with Gasteiger partial charge in [-0.3, -0.25) is 56.9 Å². The number of alkyl halides is 4. The Balaban J connectivity index is 0.000000143. The Morgan fingerprint density at radius 1 is 0.531 bits per heavy atom. The number of H-pyrrole nitrogens is 1. The highest BCUT2D eigenvalue weighted by Crippen LogP contribution is 2.43. The minimum atomic E-state index is -1.37. The Labute approximate surface area is 578 Å². The number of nitrogens with two attached hydrogens (primary N) is 2. The van der Waals surface area contributed by atoms with Gasteiger partial charge in [-0.15, -0.1) is 0 Å². The van der Waals surface area contributed by atoms with E-state index < -0.39 is 87.5 Å². The molecule has 7 atom stereocenters. The Bertz CT molecular complexity index is 4220. The van der Waals surface area contributed by atoms with Crippen molar-refractivity contribution in [3.05, 3.63) is 173 Å². The molecule has 0 aromatic carbocycles. The van der Waals surface area contributed by atoms with Gasteiger partial charge in [0.25, 0.3) is 45.9 Å². The lowest BCUT2D eigenvalue weighted by Crippen LogP contribution is -2.55. The smallest absolute Gasteiger partial charge is 0.277 e. The number of Topliss-reactive ketones (excluding diaryl/α,β-unsaturated/α-hetero) is 1. The number of nitrogen functional groups attached to an aromatic ring is 1. The van der Waals surface area contributed by atoms with Crippen LogP contribution in [-0.2, 0) is 21.8 Å². The summed E-state index contributed by atoms with van der Waals surface area (Å²) >= 11 is 30.2. The number of pyridine rings is 4. The molecule has 96 heavy (non-hydrogen) atoms. The van der Waals surface area contributed by atoms with Crippen molar-refractivity contribution in [2.45, 2.75) is 144 Å². The van der Waals surface area contributed by atoms with Crippen molar-refractivity contribution >= 4 is 137 Å². The molecule has 4 amide bonds. The van der Waals surface area contributed by atoms with Crippen molar-refractivity contribution in [3.8, 4) is 0 Å². The number of nitrogens with zero attached hydrogens (tertiary/aromatic N) is 9. The van der Waals surface area contributed by atoms with Crippen molar-refractivity contribution in [1.29, 1.82) is 0 Å². The standard InChI is InChI=1S/2C16H15ClFN5O2.C12H11BrClFN2O2.C6H4BrClN2O2.C6H9FO.C4H5N3/c2*17-9-7-10(21-12-4-6-19-8-20-12)15(25)23-13(9)14(24)22-16(23)5-2-1-3-11(16)18;13-6-5-7(14)9-10(18)16-12(17(9)11(6)19)4-2-1-3-8(12)15;7-2-1-3(8)4(5(9)11)10-6(2)12;7-5-3-1-2-4-6(5)8;5-4-1-2-6-3-7-4/h2*4,6-8,11H,1-3,5H2,(H,22,24)(H,19,20,21);5,8H,1-4H2,(H,16,18);1H,(H2,9,11)(H,10,12);5H,1-4H2;1-3H,(H2,5,6,7). The number of carbonyl (C=O) groups is 5. The van der Waals surface area contributed by atoms with Gasteiger partial charge in [-0.05, 0) is 151 Å². The van der Waals surface area contributed by atoms with Gasteiger partial charge >= 0.3 is 0 Å². The van der Waals surface area contributed by atoms with Gasteiger partial charge < -0.3 is 43.0 Å². The summed E-state index contributed by atoms with van der Waals surface area (Å²) in [5.41, 5.74) is 4.48. The van der Waals surface area contributed by atoms with E-state index in [9.17, 15) is 60.7 Å². The molecule has 508 valence electrons. The van der Waals surface area contributed by atoms with E-state index in [1.54, 1.807) is 24.4 Å². The molecule has 3 aliphatic heterocycles. The number of amides is 4. The number of rotatable bonds is 5. The maximum Gasteiger partial charge on any atom is 0.277 e. The number of anilines is 5. The Morgan fingerprint density at radius 3 is 1.27 bits per heavy atom. The third-order valence-electron chi connectivity index (χ3n) is 16.6. The second kappa shape index (κ2) is 30.9. The summed E-state index contributed by atoms with van der Waals surface area (Å²) in [6.07, 6.45) is 12.7. The fraction of sp³-hybridized carbons (Fsp3) is 0.383. The summed E-state index contributed by atoms with van der Waals surface area (Å²) in [4.78, 5) is 132. The van der Waals surface area contributed by atoms with Crippen molar-refractivity contribution in [1.82, 2.24) is 64.5 Å². The number of aromatic nitrogens is 10. The number of nitrogens with one attached hydrogen (secondary N) is 6. The minimum Gasteiger partial charge on any atom is -0.384 e. The molecule has 7 unspecified atom stereocenters. The molecule has 14 rings (SSSR count). The Kier molecular flexibility index (Phi) is 23.2. The molecule has 10 heterocycles. The van der Waals surface area contributed by atoms with Crippen LogP contribution in [0.2, 0.25) is 20.1 Å². The summed E-state index contributed by atoms with van der Waals surface area (Å²) in [5.74, 6) is -1.19. The maximum absolute atomic E-state index is 14.8. The van der Waals surface area contributed by atoms with Gasteiger partial charge in [0, 0.05) is 25.0 Å². The second-order valence-corrected chi connectivity index (χ2v) is 26.0. The summed E-state index contributed by atoms with van der Waals surface area (Å²) < 4.78 is 60.3. The molecule has 0 bridgehead atoms. The number of hydrogen-bond acceptors (Lipinski definition) is 18. The van der Waals surface area contributed by atoms with E-state index in [0.717, 1.165) is 38.5 Å². The van der Waals surface area contributed by atoms with Gasteiger partial charge in [0.15, 0.2) is 28.9 Å². The number of carbonyl (C=O) groups excluding carboxylic acids is 5. The lowest BCUT2D eigenvalue weighted by Gasteiger charge is -2.38. The monoisotopic (exact) mass is 1540 g/mol. The van der Waals surface area contributed by atoms with Gasteiger partial charge in [0.05, 0.1) is 29.0 Å². The summed E-state index contributed by atoms with van der Waals surface area (Å²) in [7, 11) is 0. The Morgan fingerprint density at radius 2 is 0.927 bits per heavy atom. The van der Waals surface area contributed by atoms with E-state index in [4.69, 9.17) is 57.9 Å². The van der Waals surface area contributed by atoms with Crippen molar-refractivity contribution in [3.63, 3.8) is 0 Å². The van der Waals surface area contributed by atoms with E-state index in [-0.39, 0.29) is 81.8 Å². The highest BCUT2D eigenvalue weighted by molar-refractivity contribution is 9.10. The average molecular weight is 1540 g/mol. The van der Waals surface area contributed by atoms with Gasteiger partial charge in [-0.2, -0.15) is 0 Å². The fourth-order valence-corrected chi connectivity index (χ4v) is 14.1. The normalized spacial score (nSPS) is 23.2. The summed E-state index contributed by atoms with van der Waals surface area (Å²) in [6, 6.07) is 10.2. The van der Waals surface area contributed by atoms with Gasteiger partial charge in [-0.1, -0.05) is 65.7 Å². The first kappa shape index (κ1) is 72.1. The van der Waals surface area contributed by atoms with Crippen LogP contribution >= 0.6 is 78.3 Å². The number of primary amides is 1. The third-order valence-corrected chi connectivity index (χ3v) is 18.9. The van der Waals surface area contributed by atoms with Gasteiger partial charge in [0.1, 0.15) is 89.1 Å². The predicted octanol–water partition coefficient (Wildman–Crippen LogP) is 9.68. The van der Waals surface area contributed by atoms with Gasteiger partial charge in [0.2, 0.25) is 0 Å². The van der Waals surface area contributed by atoms with Crippen LogP contribution in [0.4, 0.5) is 46.4 Å². The van der Waals surface area contributed by atoms with Crippen molar-refractivity contribution in [2.24, 2.45) is 5.73 Å². The molecule has 36 heteroatoms. The number of ketones is 1. The van der Waals surface area contributed by atoms with E-state index in [1.165, 1.54) is 69.3 Å². The first-order valence-electron chi connectivity index (χ1n) is 29.8. The second-order valence-electron chi connectivity index (χ2n) is 22.7. The van der Waals surface area contributed by atoms with Crippen molar-refractivity contribution < 1.29 is 41.5 Å². The topological polar surface area (TPSA) is 374 Å². The lowest BCUT2D eigenvalue weighted by molar-refractivity contribution is -0.125. The molecule has 4 saturated carbocycles. The minimum absolute atomic E-state index is 0.00412. The van der Waals surface area contributed by atoms with Crippen LogP contribution in [0.5, 0.6) is 0 Å². The largest absolute Gasteiger partial charge is 0.384 e. The zero-order valence-corrected chi connectivity index (χ0v) is 56.5. The molecule has 7 aromatic rings. The number of halogens is 10. The summed E-state index contributed by atoms with van der Waals surface area (Å²) in [6.45, 7) is 0. The van der Waals surface area contributed by atoms with Crippen molar-refractivity contribution in [2.75, 3.05) is 16.4 Å². The number of hydrogen-bond donors (Lipinski definition) is 8.